The number of nitrogens with zero attached hydrogens (tertiary/aromatic N) is 5. The van der Waals surface area contributed by atoms with Gasteiger partial charge in [0.25, 0.3) is 0 Å². The smallest absolute Gasteiger partial charge is 0.225 e. The number of hydrogen-bond acceptors (Lipinski definition) is 4. The predicted octanol–water partition coefficient (Wildman–Crippen LogP) is 2.77. The van der Waals surface area contributed by atoms with Crippen LogP contribution in [0.4, 0.5) is 5.95 Å². The predicted molar refractivity (Wildman–Crippen MR) is 81.3 cm³/mol. The molecule has 0 saturated carbocycles. The number of rotatable bonds is 2. The van der Waals surface area contributed by atoms with Crippen LogP contribution in [0.5, 0.6) is 0 Å². The molecule has 0 amide bonds. The SMILES string of the molecule is Cc1cn2c([C@@H]3CCCN3c3ncccn3)cccc2n1. The van der Waals surface area contributed by atoms with Crippen LogP contribution in [0.1, 0.15) is 30.3 Å². The monoisotopic (exact) mass is 279 g/mol. The van der Waals surface area contributed by atoms with E-state index in [1.807, 2.05) is 13.0 Å². The van der Waals surface area contributed by atoms with Crippen LogP contribution in [-0.4, -0.2) is 25.9 Å². The zero-order valence-corrected chi connectivity index (χ0v) is 12.0. The summed E-state index contributed by atoms with van der Waals surface area (Å²) in [5.41, 5.74) is 3.31. The van der Waals surface area contributed by atoms with Gasteiger partial charge in [0.05, 0.1) is 11.7 Å². The van der Waals surface area contributed by atoms with Crippen molar-refractivity contribution < 1.29 is 0 Å². The topological polar surface area (TPSA) is 46.3 Å². The van der Waals surface area contributed by atoms with Gasteiger partial charge in [-0.05, 0) is 38.0 Å². The molecule has 106 valence electrons. The lowest BCUT2D eigenvalue weighted by Gasteiger charge is -2.25. The summed E-state index contributed by atoms with van der Waals surface area (Å²) in [5, 5.41) is 0. The molecule has 21 heavy (non-hydrogen) atoms. The van der Waals surface area contributed by atoms with Crippen molar-refractivity contribution in [1.29, 1.82) is 0 Å². The molecule has 3 aromatic heterocycles. The Kier molecular flexibility index (Phi) is 2.84. The van der Waals surface area contributed by atoms with E-state index >= 15 is 0 Å². The van der Waals surface area contributed by atoms with Gasteiger partial charge in [-0.25, -0.2) is 15.0 Å². The van der Waals surface area contributed by atoms with Crippen molar-refractivity contribution in [3.8, 4) is 0 Å². The molecule has 1 fully saturated rings. The fourth-order valence-electron chi connectivity index (χ4n) is 3.18. The third kappa shape index (κ3) is 2.05. The van der Waals surface area contributed by atoms with Crippen molar-refractivity contribution >= 4 is 11.6 Å². The Morgan fingerprint density at radius 2 is 2.00 bits per heavy atom. The van der Waals surface area contributed by atoms with Crippen LogP contribution < -0.4 is 4.90 Å². The zero-order valence-electron chi connectivity index (χ0n) is 12.0. The van der Waals surface area contributed by atoms with E-state index in [1.165, 1.54) is 5.69 Å². The van der Waals surface area contributed by atoms with E-state index < -0.39 is 0 Å². The highest BCUT2D eigenvalue weighted by Crippen LogP contribution is 2.34. The number of pyridine rings is 1. The van der Waals surface area contributed by atoms with Gasteiger partial charge in [0.1, 0.15) is 5.65 Å². The molecule has 5 heteroatoms. The average Bonchev–Trinajstić information content (AvgIpc) is 3.12. The molecule has 1 aliphatic heterocycles. The molecule has 5 nitrogen and oxygen atoms in total. The van der Waals surface area contributed by atoms with Gasteiger partial charge >= 0.3 is 0 Å². The minimum Gasteiger partial charge on any atom is -0.332 e. The number of hydrogen-bond donors (Lipinski definition) is 0. The summed E-state index contributed by atoms with van der Waals surface area (Å²) in [6.07, 6.45) is 7.99. The molecule has 0 aliphatic carbocycles. The number of fused-ring (bicyclic) bond motifs is 1. The van der Waals surface area contributed by atoms with Gasteiger partial charge in [0, 0.05) is 30.8 Å². The molecular weight excluding hydrogens is 262 g/mol. The standard InChI is InChI=1S/C16H17N5/c1-12-11-21-14(5-2-7-15(21)19-12)13-6-3-10-20(13)16-17-8-4-9-18-16/h2,4-5,7-9,11,13H,3,6,10H2,1H3/t13-/m0/s1. The highest BCUT2D eigenvalue weighted by atomic mass is 15.3. The first kappa shape index (κ1) is 12.3. The Balaban J connectivity index is 1.80. The molecule has 0 bridgehead atoms. The number of aryl methyl sites for hydroxylation is 1. The Hall–Kier alpha value is -2.43. The molecule has 3 aromatic rings. The zero-order chi connectivity index (χ0) is 14.2. The molecule has 1 aliphatic rings. The van der Waals surface area contributed by atoms with E-state index in [2.05, 4.69) is 48.6 Å². The fourth-order valence-corrected chi connectivity index (χ4v) is 3.18. The molecule has 0 N–H and O–H groups in total. The molecule has 1 saturated heterocycles. The summed E-state index contributed by atoms with van der Waals surface area (Å²) in [6, 6.07) is 8.48. The minimum atomic E-state index is 0.310. The maximum Gasteiger partial charge on any atom is 0.225 e. The van der Waals surface area contributed by atoms with E-state index in [-0.39, 0.29) is 0 Å². The van der Waals surface area contributed by atoms with Crippen molar-refractivity contribution in [1.82, 2.24) is 19.4 Å². The Labute approximate surface area is 123 Å². The maximum absolute atomic E-state index is 4.56. The summed E-state index contributed by atoms with van der Waals surface area (Å²) in [4.78, 5) is 15.7. The van der Waals surface area contributed by atoms with Crippen molar-refractivity contribution in [2.24, 2.45) is 0 Å². The molecule has 1 atom stereocenters. The van der Waals surface area contributed by atoms with Gasteiger partial charge in [-0.2, -0.15) is 0 Å². The first-order valence-corrected chi connectivity index (χ1v) is 7.31. The molecule has 4 rings (SSSR count). The van der Waals surface area contributed by atoms with Crippen LogP contribution in [-0.2, 0) is 0 Å². The summed E-state index contributed by atoms with van der Waals surface area (Å²) >= 11 is 0. The first-order valence-electron chi connectivity index (χ1n) is 7.31. The fraction of sp³-hybridized carbons (Fsp3) is 0.312. The molecule has 0 aromatic carbocycles. The second-order valence-electron chi connectivity index (χ2n) is 5.46. The quantitative estimate of drug-likeness (QED) is 0.723. The molecule has 0 spiro atoms. The van der Waals surface area contributed by atoms with Crippen LogP contribution >= 0.6 is 0 Å². The number of aromatic nitrogens is 4. The van der Waals surface area contributed by atoms with Crippen molar-refractivity contribution in [2.75, 3.05) is 11.4 Å². The average molecular weight is 279 g/mol. The van der Waals surface area contributed by atoms with E-state index in [4.69, 9.17) is 0 Å². The largest absolute Gasteiger partial charge is 0.332 e. The second-order valence-corrected chi connectivity index (χ2v) is 5.46. The van der Waals surface area contributed by atoms with E-state index in [1.54, 1.807) is 12.4 Å². The lowest BCUT2D eigenvalue weighted by molar-refractivity contribution is 0.669. The third-order valence-electron chi connectivity index (χ3n) is 4.05. The molecular formula is C16H17N5. The lowest BCUT2D eigenvalue weighted by Crippen LogP contribution is -2.25. The van der Waals surface area contributed by atoms with Gasteiger partial charge in [0.2, 0.25) is 5.95 Å². The third-order valence-corrected chi connectivity index (χ3v) is 4.05. The Morgan fingerprint density at radius 1 is 1.14 bits per heavy atom. The van der Waals surface area contributed by atoms with Crippen LogP contribution in [0.15, 0.2) is 42.9 Å². The van der Waals surface area contributed by atoms with Gasteiger partial charge in [-0.15, -0.1) is 0 Å². The highest BCUT2D eigenvalue weighted by molar-refractivity contribution is 5.45. The van der Waals surface area contributed by atoms with Crippen LogP contribution in [0.3, 0.4) is 0 Å². The number of anilines is 1. The van der Waals surface area contributed by atoms with E-state index in [0.717, 1.165) is 36.7 Å². The summed E-state index contributed by atoms with van der Waals surface area (Å²) in [5.74, 6) is 0.814. The normalized spacial score (nSPS) is 18.5. The minimum absolute atomic E-state index is 0.310. The molecule has 4 heterocycles. The van der Waals surface area contributed by atoms with Gasteiger partial charge in [0.15, 0.2) is 0 Å². The molecule has 0 radical (unpaired) electrons. The van der Waals surface area contributed by atoms with Gasteiger partial charge in [-0.3, -0.25) is 0 Å². The highest BCUT2D eigenvalue weighted by Gasteiger charge is 2.29. The van der Waals surface area contributed by atoms with Crippen LogP contribution in [0.25, 0.3) is 5.65 Å². The summed E-state index contributed by atoms with van der Waals surface area (Å²) in [7, 11) is 0. The van der Waals surface area contributed by atoms with Crippen molar-refractivity contribution in [3.63, 3.8) is 0 Å². The second kappa shape index (κ2) is 4.84. The summed E-state index contributed by atoms with van der Waals surface area (Å²) < 4.78 is 2.20. The Bertz CT molecular complexity index is 765. The van der Waals surface area contributed by atoms with Gasteiger partial charge < -0.3 is 9.30 Å². The Morgan fingerprint density at radius 3 is 2.86 bits per heavy atom. The van der Waals surface area contributed by atoms with Crippen LogP contribution in [0.2, 0.25) is 0 Å². The van der Waals surface area contributed by atoms with E-state index in [0.29, 0.717) is 6.04 Å². The summed E-state index contributed by atoms with van der Waals surface area (Å²) in [6.45, 7) is 3.03. The van der Waals surface area contributed by atoms with Crippen molar-refractivity contribution in [3.05, 3.63) is 54.2 Å². The van der Waals surface area contributed by atoms with Crippen LogP contribution in [0, 0.1) is 6.92 Å². The van der Waals surface area contributed by atoms with E-state index in [9.17, 15) is 0 Å². The first-order chi connectivity index (χ1) is 10.3. The van der Waals surface area contributed by atoms with Crippen molar-refractivity contribution in [2.45, 2.75) is 25.8 Å². The van der Waals surface area contributed by atoms with Gasteiger partial charge in [-0.1, -0.05) is 6.07 Å². The number of imidazole rings is 1. The lowest BCUT2D eigenvalue weighted by atomic mass is 10.1. The maximum atomic E-state index is 4.56. The molecule has 0 unspecified atom stereocenters.